The number of halogens is 1. The molecule has 1 unspecified atom stereocenters. The molecule has 0 spiro atoms. The topological polar surface area (TPSA) is 90.3 Å². The standard InChI is InChI=1S/C34H38ClN5O3S/c1-6-8-17-43-28-16-14-24(19-29(28)42-7-2)31-30(32(41)37-27-15-13-21(3)18-22(27)4)23(5)36-33-38-34(39-40(31)33)44-20-25-11-9-10-12-26(25)35/h9-16,18-19,31H,6-8,17,20H2,1-5H3,(H,37,41)(H,36,38,39). The first-order valence-electron chi connectivity index (χ1n) is 14.9. The molecule has 0 aliphatic carbocycles. The number of amides is 1. The van der Waals surface area contributed by atoms with E-state index in [1.807, 2.05) is 82.3 Å². The summed E-state index contributed by atoms with van der Waals surface area (Å²) in [6.07, 6.45) is 1.98. The minimum absolute atomic E-state index is 0.223. The molecule has 1 aliphatic rings. The Kier molecular flexibility index (Phi) is 10.2. The monoisotopic (exact) mass is 631 g/mol. The van der Waals surface area contributed by atoms with Crippen LogP contribution in [-0.2, 0) is 10.5 Å². The number of rotatable bonds is 12. The Bertz CT molecular complexity index is 1690. The molecule has 4 aromatic rings. The summed E-state index contributed by atoms with van der Waals surface area (Å²) in [4.78, 5) is 18.9. The van der Waals surface area contributed by atoms with Gasteiger partial charge in [-0.25, -0.2) is 4.68 Å². The predicted molar refractivity (Wildman–Crippen MR) is 178 cm³/mol. The van der Waals surface area contributed by atoms with E-state index in [1.165, 1.54) is 11.8 Å². The predicted octanol–water partition coefficient (Wildman–Crippen LogP) is 8.35. The fourth-order valence-electron chi connectivity index (χ4n) is 5.10. The highest BCUT2D eigenvalue weighted by molar-refractivity contribution is 7.98. The largest absolute Gasteiger partial charge is 0.490 e. The van der Waals surface area contributed by atoms with Gasteiger partial charge in [0.1, 0.15) is 6.04 Å². The van der Waals surface area contributed by atoms with E-state index in [4.69, 9.17) is 31.2 Å². The first-order chi connectivity index (χ1) is 21.3. The van der Waals surface area contributed by atoms with Gasteiger partial charge < -0.3 is 20.1 Å². The number of nitrogens with one attached hydrogen (secondary N) is 2. The zero-order chi connectivity index (χ0) is 31.2. The molecule has 0 saturated carbocycles. The minimum atomic E-state index is -0.567. The summed E-state index contributed by atoms with van der Waals surface area (Å²) in [5, 5.41) is 12.6. The zero-order valence-electron chi connectivity index (χ0n) is 25.7. The van der Waals surface area contributed by atoms with Crippen LogP contribution in [0.15, 0.2) is 77.1 Å². The van der Waals surface area contributed by atoms with Crippen molar-refractivity contribution < 1.29 is 14.3 Å². The van der Waals surface area contributed by atoms with E-state index in [-0.39, 0.29) is 5.91 Å². The van der Waals surface area contributed by atoms with E-state index in [9.17, 15) is 4.79 Å². The molecule has 8 nitrogen and oxygen atoms in total. The van der Waals surface area contributed by atoms with Crippen LogP contribution in [0.1, 0.15) is 61.9 Å². The van der Waals surface area contributed by atoms with Gasteiger partial charge in [-0.15, -0.1) is 5.10 Å². The third-order valence-electron chi connectivity index (χ3n) is 7.36. The van der Waals surface area contributed by atoms with Crippen LogP contribution in [0.5, 0.6) is 11.5 Å². The Balaban J connectivity index is 1.54. The van der Waals surface area contributed by atoms with Crippen molar-refractivity contribution in [1.82, 2.24) is 14.8 Å². The molecule has 1 aromatic heterocycles. The number of thioether (sulfide) groups is 1. The van der Waals surface area contributed by atoms with Crippen molar-refractivity contribution in [3.05, 3.63) is 99.2 Å². The summed E-state index contributed by atoms with van der Waals surface area (Å²) in [5.41, 5.74) is 5.94. The molecule has 230 valence electrons. The summed E-state index contributed by atoms with van der Waals surface area (Å²) in [5.74, 6) is 2.24. The Morgan fingerprint density at radius 1 is 1.05 bits per heavy atom. The SMILES string of the molecule is CCCCOc1ccc(C2C(C(=O)Nc3ccc(C)cc3C)=C(C)Nc3nc(SCc4ccccc4Cl)nn32)cc1OCC. The van der Waals surface area contributed by atoms with Crippen molar-refractivity contribution in [3.8, 4) is 11.5 Å². The number of benzene rings is 3. The Labute approximate surface area is 268 Å². The van der Waals surface area contributed by atoms with Crippen LogP contribution in [0.25, 0.3) is 0 Å². The number of anilines is 2. The summed E-state index contributed by atoms with van der Waals surface area (Å²) in [7, 11) is 0. The number of carbonyl (C=O) groups is 1. The number of allylic oxidation sites excluding steroid dienone is 1. The van der Waals surface area contributed by atoms with Crippen LogP contribution in [0.2, 0.25) is 5.02 Å². The molecule has 0 radical (unpaired) electrons. The smallest absolute Gasteiger partial charge is 0.255 e. The molecular formula is C34H38ClN5O3S. The number of hydrogen-bond acceptors (Lipinski definition) is 7. The van der Waals surface area contributed by atoms with E-state index in [2.05, 4.69) is 23.6 Å². The molecule has 3 aromatic carbocycles. The van der Waals surface area contributed by atoms with Crippen molar-refractivity contribution >= 4 is 40.9 Å². The van der Waals surface area contributed by atoms with Gasteiger partial charge in [0.05, 0.1) is 18.8 Å². The summed E-state index contributed by atoms with van der Waals surface area (Å²) in [6.45, 7) is 11.1. The van der Waals surface area contributed by atoms with Crippen molar-refractivity contribution in [1.29, 1.82) is 0 Å². The molecular weight excluding hydrogens is 594 g/mol. The van der Waals surface area contributed by atoms with E-state index < -0.39 is 6.04 Å². The Morgan fingerprint density at radius 3 is 2.61 bits per heavy atom. The lowest BCUT2D eigenvalue weighted by atomic mass is 9.94. The number of aromatic nitrogens is 3. The van der Waals surface area contributed by atoms with Crippen LogP contribution >= 0.6 is 23.4 Å². The molecule has 2 heterocycles. The quantitative estimate of drug-likeness (QED) is 0.120. The molecule has 5 rings (SSSR count). The van der Waals surface area contributed by atoms with E-state index in [1.54, 1.807) is 4.68 Å². The third-order valence-corrected chi connectivity index (χ3v) is 8.62. The lowest BCUT2D eigenvalue weighted by Gasteiger charge is -2.29. The zero-order valence-corrected chi connectivity index (χ0v) is 27.3. The van der Waals surface area contributed by atoms with Crippen molar-refractivity contribution in [2.24, 2.45) is 0 Å². The molecule has 0 fully saturated rings. The van der Waals surface area contributed by atoms with Gasteiger partial charge in [0.15, 0.2) is 11.5 Å². The van der Waals surface area contributed by atoms with E-state index >= 15 is 0 Å². The highest BCUT2D eigenvalue weighted by atomic mass is 35.5. The first-order valence-corrected chi connectivity index (χ1v) is 16.2. The summed E-state index contributed by atoms with van der Waals surface area (Å²) < 4.78 is 13.8. The van der Waals surface area contributed by atoms with Gasteiger partial charge in [-0.1, -0.05) is 78.7 Å². The maximum absolute atomic E-state index is 14.1. The van der Waals surface area contributed by atoms with E-state index in [0.717, 1.165) is 40.8 Å². The van der Waals surface area contributed by atoms with Gasteiger partial charge in [-0.05, 0) is 75.1 Å². The normalized spacial score (nSPS) is 14.2. The molecule has 1 amide bonds. The molecule has 0 bridgehead atoms. The van der Waals surface area contributed by atoms with Crippen molar-refractivity contribution in [2.75, 3.05) is 23.8 Å². The van der Waals surface area contributed by atoms with Gasteiger partial charge in [0.2, 0.25) is 11.1 Å². The molecule has 1 aliphatic heterocycles. The van der Waals surface area contributed by atoms with Gasteiger partial charge in [0, 0.05) is 22.2 Å². The minimum Gasteiger partial charge on any atom is -0.490 e. The first kappa shape index (κ1) is 31.5. The number of aryl methyl sites for hydroxylation is 2. The van der Waals surface area contributed by atoms with E-state index in [0.29, 0.717) is 57.9 Å². The van der Waals surface area contributed by atoms with Gasteiger partial charge in [-0.2, -0.15) is 4.98 Å². The molecule has 44 heavy (non-hydrogen) atoms. The fourth-order valence-corrected chi connectivity index (χ4v) is 6.22. The molecule has 2 N–H and O–H groups in total. The second-order valence-corrected chi connectivity index (χ2v) is 12.1. The van der Waals surface area contributed by atoms with Gasteiger partial charge in [-0.3, -0.25) is 4.79 Å². The summed E-state index contributed by atoms with van der Waals surface area (Å²) in [6, 6.07) is 19.0. The molecule has 1 atom stereocenters. The summed E-state index contributed by atoms with van der Waals surface area (Å²) >= 11 is 7.89. The number of hydrogen-bond donors (Lipinski definition) is 2. The average molecular weight is 632 g/mol. The number of unbranched alkanes of at least 4 members (excludes halogenated alkanes) is 1. The highest BCUT2D eigenvalue weighted by Gasteiger charge is 2.35. The molecule has 0 saturated heterocycles. The number of ether oxygens (including phenoxy) is 2. The van der Waals surface area contributed by atoms with Crippen molar-refractivity contribution in [2.45, 2.75) is 64.4 Å². The maximum atomic E-state index is 14.1. The molecule has 10 heteroatoms. The Morgan fingerprint density at radius 2 is 1.86 bits per heavy atom. The van der Waals surface area contributed by atoms with Gasteiger partial charge >= 0.3 is 0 Å². The fraction of sp³-hybridized carbons (Fsp3) is 0.324. The van der Waals surface area contributed by atoms with Gasteiger partial charge in [0.25, 0.3) is 5.91 Å². The second kappa shape index (κ2) is 14.2. The number of nitrogens with zero attached hydrogens (tertiary/aromatic N) is 3. The van der Waals surface area contributed by atoms with Crippen molar-refractivity contribution in [3.63, 3.8) is 0 Å². The lowest BCUT2D eigenvalue weighted by molar-refractivity contribution is -0.113. The second-order valence-electron chi connectivity index (χ2n) is 10.7. The van der Waals surface area contributed by atoms with Crippen LogP contribution in [0.4, 0.5) is 11.6 Å². The Hall–Kier alpha value is -3.95. The average Bonchev–Trinajstić information content (AvgIpc) is 3.40. The number of carbonyl (C=O) groups excluding carboxylic acids is 1. The maximum Gasteiger partial charge on any atom is 0.255 e. The van der Waals surface area contributed by atoms with Crippen LogP contribution < -0.4 is 20.1 Å². The van der Waals surface area contributed by atoms with Crippen LogP contribution in [-0.4, -0.2) is 33.9 Å². The lowest BCUT2D eigenvalue weighted by Crippen LogP contribution is -2.31. The van der Waals surface area contributed by atoms with Crippen LogP contribution in [0.3, 0.4) is 0 Å². The van der Waals surface area contributed by atoms with Crippen LogP contribution in [0, 0.1) is 13.8 Å². The third kappa shape index (κ3) is 7.05. The highest BCUT2D eigenvalue weighted by Crippen LogP contribution is 2.40. The number of fused-ring (bicyclic) bond motifs is 1.